The smallest absolute Gasteiger partial charge is 0.262 e. The molecule has 2 aliphatic rings. The summed E-state index contributed by atoms with van der Waals surface area (Å²) in [6.07, 6.45) is 2.32. The van der Waals surface area contributed by atoms with Crippen LogP contribution in [-0.2, 0) is 9.59 Å². The molecule has 1 atom stereocenters. The number of benzene rings is 2. The molecule has 156 valence electrons. The van der Waals surface area contributed by atoms with Crippen LogP contribution in [0.2, 0.25) is 5.02 Å². The third-order valence-corrected chi connectivity index (χ3v) is 5.85. The van der Waals surface area contributed by atoms with Gasteiger partial charge in [-0.3, -0.25) is 9.59 Å². The molecule has 0 aromatic heterocycles. The van der Waals surface area contributed by atoms with E-state index in [1.807, 2.05) is 48.5 Å². The van der Waals surface area contributed by atoms with Gasteiger partial charge >= 0.3 is 0 Å². The third kappa shape index (κ3) is 4.05. The van der Waals surface area contributed by atoms with E-state index in [1.165, 1.54) is 9.91 Å². The summed E-state index contributed by atoms with van der Waals surface area (Å²) >= 11 is 6.39. The van der Waals surface area contributed by atoms with Crippen molar-refractivity contribution in [1.82, 2.24) is 9.91 Å². The Morgan fingerprint density at radius 1 is 1.17 bits per heavy atom. The number of hydrazone groups is 1. The van der Waals surface area contributed by atoms with Gasteiger partial charge < -0.3 is 9.64 Å². The summed E-state index contributed by atoms with van der Waals surface area (Å²) in [5.41, 5.74) is 2.41. The Morgan fingerprint density at radius 3 is 2.57 bits per heavy atom. The molecule has 1 heterocycles. The number of likely N-dealkylation sites (N-methyl/N-ethyl adjacent to an activating group) is 1. The molecule has 0 N–H and O–H groups in total. The maximum absolute atomic E-state index is 13.2. The first-order valence-electron chi connectivity index (χ1n) is 10.0. The Labute approximate surface area is 181 Å². The number of nitrogens with zero attached hydrogens (tertiary/aromatic N) is 3. The zero-order chi connectivity index (χ0) is 21.3. The summed E-state index contributed by atoms with van der Waals surface area (Å²) in [6.45, 7) is -0.0136. The van der Waals surface area contributed by atoms with Crippen LogP contribution in [0, 0.1) is 5.92 Å². The maximum atomic E-state index is 13.2. The van der Waals surface area contributed by atoms with Gasteiger partial charge in [0.2, 0.25) is 5.91 Å². The highest BCUT2D eigenvalue weighted by Crippen LogP contribution is 2.38. The Morgan fingerprint density at radius 2 is 1.87 bits per heavy atom. The van der Waals surface area contributed by atoms with Crippen molar-refractivity contribution in [2.45, 2.75) is 25.3 Å². The van der Waals surface area contributed by atoms with E-state index >= 15 is 0 Å². The molecule has 2 aromatic rings. The second-order valence-electron chi connectivity index (χ2n) is 7.70. The Kier molecular flexibility index (Phi) is 5.77. The largest absolute Gasteiger partial charge is 0.496 e. The highest BCUT2D eigenvalue weighted by molar-refractivity contribution is 6.34. The first-order chi connectivity index (χ1) is 14.5. The molecular formula is C23H24ClN3O3. The number of amides is 2. The molecule has 1 aliphatic carbocycles. The minimum Gasteiger partial charge on any atom is -0.496 e. The van der Waals surface area contributed by atoms with E-state index in [0.29, 0.717) is 17.2 Å². The molecule has 0 radical (unpaired) electrons. The monoisotopic (exact) mass is 425 g/mol. The van der Waals surface area contributed by atoms with E-state index < -0.39 is 0 Å². The zero-order valence-electron chi connectivity index (χ0n) is 17.0. The van der Waals surface area contributed by atoms with Gasteiger partial charge in [0.1, 0.15) is 12.3 Å². The molecule has 4 rings (SSSR count). The van der Waals surface area contributed by atoms with Crippen molar-refractivity contribution in [3.05, 3.63) is 64.7 Å². The predicted molar refractivity (Wildman–Crippen MR) is 116 cm³/mol. The summed E-state index contributed by atoms with van der Waals surface area (Å²) in [7, 11) is 3.28. The lowest BCUT2D eigenvalue weighted by Gasteiger charge is -2.26. The van der Waals surface area contributed by atoms with Gasteiger partial charge in [-0.1, -0.05) is 48.0 Å². The van der Waals surface area contributed by atoms with Crippen LogP contribution in [0.4, 0.5) is 0 Å². The lowest BCUT2D eigenvalue weighted by molar-refractivity contribution is -0.141. The third-order valence-electron chi connectivity index (χ3n) is 5.52. The van der Waals surface area contributed by atoms with Crippen molar-refractivity contribution >= 4 is 29.1 Å². The molecule has 2 amide bonds. The highest BCUT2D eigenvalue weighted by Gasteiger charge is 2.37. The maximum Gasteiger partial charge on any atom is 0.262 e. The molecule has 1 saturated carbocycles. The van der Waals surface area contributed by atoms with Crippen molar-refractivity contribution in [2.75, 3.05) is 20.7 Å². The summed E-state index contributed by atoms with van der Waals surface area (Å²) in [5, 5.41) is 6.72. The van der Waals surface area contributed by atoms with Gasteiger partial charge in [-0.05, 0) is 25.0 Å². The van der Waals surface area contributed by atoms with Crippen LogP contribution in [-0.4, -0.2) is 48.1 Å². The molecule has 7 heteroatoms. The fourth-order valence-corrected chi connectivity index (χ4v) is 4.02. The van der Waals surface area contributed by atoms with Crippen LogP contribution in [0.25, 0.3) is 0 Å². The van der Waals surface area contributed by atoms with Gasteiger partial charge in [-0.25, -0.2) is 5.01 Å². The molecule has 1 aliphatic heterocycles. The first-order valence-corrected chi connectivity index (χ1v) is 10.4. The lowest BCUT2D eigenvalue weighted by atomic mass is 9.97. The van der Waals surface area contributed by atoms with Crippen LogP contribution in [0.3, 0.4) is 0 Å². The average molecular weight is 426 g/mol. The standard InChI is InChI=1S/C23H24ClN3O3/c1-26(23(29)15-11-12-15)14-22(28)27-20(17-8-4-6-10-21(17)30-2)13-19(25-27)16-7-3-5-9-18(16)24/h3-10,15,20H,11-14H2,1-2H3/t20-/m0/s1. The molecule has 0 saturated heterocycles. The van der Waals surface area contributed by atoms with Crippen molar-refractivity contribution in [2.24, 2.45) is 11.0 Å². The van der Waals surface area contributed by atoms with Gasteiger partial charge in [0.25, 0.3) is 5.91 Å². The molecule has 6 nitrogen and oxygen atoms in total. The van der Waals surface area contributed by atoms with Crippen LogP contribution >= 0.6 is 11.6 Å². The van der Waals surface area contributed by atoms with Crippen molar-refractivity contribution < 1.29 is 14.3 Å². The SMILES string of the molecule is COc1ccccc1[C@@H]1CC(c2ccccc2Cl)=NN1C(=O)CN(C)C(=O)C1CC1. The molecule has 0 unspecified atom stereocenters. The normalized spacial score (nSPS) is 18.2. The second kappa shape index (κ2) is 8.48. The zero-order valence-corrected chi connectivity index (χ0v) is 17.8. The number of halogens is 1. The number of hydrogen-bond donors (Lipinski definition) is 0. The van der Waals surface area contributed by atoms with Gasteiger partial charge in [0.15, 0.2) is 0 Å². The summed E-state index contributed by atoms with van der Waals surface area (Å²) in [6, 6.07) is 14.8. The Bertz CT molecular complexity index is 1000. The minimum atomic E-state index is -0.329. The Balaban J connectivity index is 1.65. The minimum absolute atomic E-state index is 0.0136. The number of ether oxygens (including phenoxy) is 1. The fraction of sp³-hybridized carbons (Fsp3) is 0.348. The fourth-order valence-electron chi connectivity index (χ4n) is 3.78. The van der Waals surface area contributed by atoms with Gasteiger partial charge in [0.05, 0.1) is 18.9 Å². The van der Waals surface area contributed by atoms with Crippen LogP contribution in [0.1, 0.15) is 36.4 Å². The average Bonchev–Trinajstić information content (AvgIpc) is 3.51. The van der Waals surface area contributed by atoms with Crippen molar-refractivity contribution in [3.8, 4) is 5.75 Å². The number of para-hydroxylation sites is 1. The molecule has 0 bridgehead atoms. The highest BCUT2D eigenvalue weighted by atomic mass is 35.5. The molecule has 0 spiro atoms. The van der Waals surface area contributed by atoms with Crippen LogP contribution < -0.4 is 4.74 Å². The van der Waals surface area contributed by atoms with Gasteiger partial charge in [-0.2, -0.15) is 5.10 Å². The van der Waals surface area contributed by atoms with E-state index in [-0.39, 0.29) is 30.3 Å². The molecule has 30 heavy (non-hydrogen) atoms. The molecule has 1 fully saturated rings. The lowest BCUT2D eigenvalue weighted by Crippen LogP contribution is -2.39. The predicted octanol–water partition coefficient (Wildman–Crippen LogP) is 3.89. The first kappa shape index (κ1) is 20.4. The molecular weight excluding hydrogens is 402 g/mol. The van der Waals surface area contributed by atoms with E-state index in [2.05, 4.69) is 5.10 Å². The van der Waals surface area contributed by atoms with E-state index in [0.717, 1.165) is 29.7 Å². The summed E-state index contributed by atoms with van der Waals surface area (Å²) < 4.78 is 5.53. The van der Waals surface area contributed by atoms with Crippen molar-refractivity contribution in [3.63, 3.8) is 0 Å². The van der Waals surface area contributed by atoms with Crippen molar-refractivity contribution in [1.29, 1.82) is 0 Å². The van der Waals surface area contributed by atoms with Crippen LogP contribution in [0.15, 0.2) is 53.6 Å². The quantitative estimate of drug-likeness (QED) is 0.705. The van der Waals surface area contributed by atoms with Gasteiger partial charge in [-0.15, -0.1) is 0 Å². The number of rotatable bonds is 6. The topological polar surface area (TPSA) is 62.2 Å². The second-order valence-corrected chi connectivity index (χ2v) is 8.10. The van der Waals surface area contributed by atoms with E-state index in [9.17, 15) is 9.59 Å². The summed E-state index contributed by atoms with van der Waals surface area (Å²) in [5.74, 6) is 0.544. The van der Waals surface area contributed by atoms with Gasteiger partial charge in [0, 0.05) is 35.5 Å². The number of methoxy groups -OCH3 is 1. The Hall–Kier alpha value is -2.86. The summed E-state index contributed by atoms with van der Waals surface area (Å²) in [4.78, 5) is 27.0. The number of hydrogen-bond acceptors (Lipinski definition) is 4. The number of carbonyl (C=O) groups excluding carboxylic acids is 2. The molecule has 2 aromatic carbocycles. The number of carbonyl (C=O) groups is 2. The van der Waals surface area contributed by atoms with Crippen LogP contribution in [0.5, 0.6) is 5.75 Å². The van der Waals surface area contributed by atoms with E-state index in [1.54, 1.807) is 14.2 Å². The van der Waals surface area contributed by atoms with E-state index in [4.69, 9.17) is 16.3 Å².